The van der Waals surface area contributed by atoms with Crippen LogP contribution in [0.1, 0.15) is 57.2 Å². The van der Waals surface area contributed by atoms with E-state index in [1.807, 2.05) is 37.2 Å². The highest BCUT2D eigenvalue weighted by atomic mass is 19.3. The molecular weight excluding hydrogens is 540 g/mol. The standard InChI is InChI=1S/C31H41F2N7O2/c1-37(2)20-24(41)17-21-9-11-23(12-10-21)39(19-22-7-8-22)27-18-28(36-31(35-27)38-13-15-42-16-14-38)40-26-6-4-3-5-25(26)34-30(40)29(32)33/h3-6,18,21-23,29H,7-17,19-20H2,1-2H3. The molecule has 0 N–H and O–H groups in total. The molecule has 0 amide bonds. The number of anilines is 2. The lowest BCUT2D eigenvalue weighted by molar-refractivity contribution is -0.120. The molecule has 2 aliphatic carbocycles. The number of nitrogens with zero attached hydrogens (tertiary/aromatic N) is 7. The Morgan fingerprint density at radius 3 is 2.40 bits per heavy atom. The SMILES string of the molecule is CN(C)CC(=O)CC1CCC(N(CC2CC2)c2cc(-n3c(C(F)F)nc4ccccc43)nc(N3CCOCC3)n2)CC1. The lowest BCUT2D eigenvalue weighted by Gasteiger charge is -2.38. The van der Waals surface area contributed by atoms with Gasteiger partial charge in [-0.05, 0) is 76.6 Å². The first-order valence-electron chi connectivity index (χ1n) is 15.3. The number of morpholine rings is 1. The third-order valence-corrected chi connectivity index (χ3v) is 8.70. The lowest BCUT2D eigenvalue weighted by atomic mass is 9.82. The summed E-state index contributed by atoms with van der Waals surface area (Å²) >= 11 is 0. The lowest BCUT2D eigenvalue weighted by Crippen LogP contribution is -2.42. The van der Waals surface area contributed by atoms with Crippen LogP contribution in [-0.2, 0) is 9.53 Å². The molecule has 42 heavy (non-hydrogen) atoms. The van der Waals surface area contributed by atoms with E-state index in [2.05, 4.69) is 14.8 Å². The summed E-state index contributed by atoms with van der Waals surface area (Å²) in [4.78, 5) is 33.1. The van der Waals surface area contributed by atoms with Crippen molar-refractivity contribution in [1.29, 1.82) is 0 Å². The van der Waals surface area contributed by atoms with E-state index in [0.717, 1.165) is 38.0 Å². The number of rotatable bonds is 11. The summed E-state index contributed by atoms with van der Waals surface area (Å²) in [5.41, 5.74) is 1.11. The van der Waals surface area contributed by atoms with Crippen LogP contribution in [-0.4, -0.2) is 89.7 Å². The van der Waals surface area contributed by atoms with Gasteiger partial charge in [-0.1, -0.05) is 12.1 Å². The van der Waals surface area contributed by atoms with Crippen LogP contribution in [0.15, 0.2) is 30.3 Å². The van der Waals surface area contributed by atoms with Gasteiger partial charge in [0.2, 0.25) is 5.95 Å². The number of halogens is 2. The summed E-state index contributed by atoms with van der Waals surface area (Å²) < 4.78 is 35.8. The summed E-state index contributed by atoms with van der Waals surface area (Å²) in [6, 6.07) is 9.36. The molecule has 3 fully saturated rings. The van der Waals surface area contributed by atoms with Gasteiger partial charge in [-0.3, -0.25) is 9.36 Å². The molecule has 3 aliphatic rings. The maximum Gasteiger partial charge on any atom is 0.296 e. The first-order chi connectivity index (χ1) is 20.4. The van der Waals surface area contributed by atoms with Gasteiger partial charge in [-0.2, -0.15) is 9.97 Å². The largest absolute Gasteiger partial charge is 0.378 e. The fourth-order valence-electron chi connectivity index (χ4n) is 6.42. The minimum atomic E-state index is -2.75. The van der Waals surface area contributed by atoms with E-state index in [1.54, 1.807) is 12.1 Å². The Hall–Kier alpha value is -3.18. The van der Waals surface area contributed by atoms with Crippen LogP contribution in [0.2, 0.25) is 0 Å². The molecule has 1 aromatic carbocycles. The number of para-hydroxylation sites is 2. The normalized spacial score (nSPS) is 21.4. The molecule has 3 heterocycles. The summed E-state index contributed by atoms with van der Waals surface area (Å²) in [7, 11) is 3.87. The zero-order valence-corrected chi connectivity index (χ0v) is 24.6. The third-order valence-electron chi connectivity index (χ3n) is 8.70. The highest BCUT2D eigenvalue weighted by Crippen LogP contribution is 2.38. The van der Waals surface area contributed by atoms with Gasteiger partial charge in [0.15, 0.2) is 5.82 Å². The quantitative estimate of drug-likeness (QED) is 0.317. The Morgan fingerprint density at radius 2 is 1.71 bits per heavy atom. The van der Waals surface area contributed by atoms with Crippen LogP contribution < -0.4 is 9.80 Å². The van der Waals surface area contributed by atoms with Gasteiger partial charge in [0.1, 0.15) is 17.4 Å². The van der Waals surface area contributed by atoms with Crippen LogP contribution >= 0.6 is 0 Å². The number of benzene rings is 1. The second-order valence-corrected chi connectivity index (χ2v) is 12.3. The molecule has 226 valence electrons. The smallest absolute Gasteiger partial charge is 0.296 e. The molecule has 0 radical (unpaired) electrons. The Kier molecular flexibility index (Phi) is 8.67. The molecule has 0 unspecified atom stereocenters. The van der Waals surface area contributed by atoms with Crippen molar-refractivity contribution in [2.75, 3.05) is 63.3 Å². The number of hydrogen-bond acceptors (Lipinski definition) is 8. The summed E-state index contributed by atoms with van der Waals surface area (Å²) in [5.74, 6) is 2.73. The van der Waals surface area contributed by atoms with Gasteiger partial charge in [-0.25, -0.2) is 13.8 Å². The van der Waals surface area contributed by atoms with Crippen LogP contribution in [0.25, 0.3) is 16.9 Å². The summed E-state index contributed by atoms with van der Waals surface area (Å²) in [5, 5.41) is 0. The number of Topliss-reactive ketones (excluding diaryl/α,β-unsaturated/α-hetero) is 1. The van der Waals surface area contributed by atoms with Crippen molar-refractivity contribution in [2.24, 2.45) is 11.8 Å². The fraction of sp³-hybridized carbons (Fsp3) is 0.613. The molecular formula is C31H41F2N7O2. The predicted molar refractivity (Wildman–Crippen MR) is 159 cm³/mol. The highest BCUT2D eigenvalue weighted by molar-refractivity contribution is 5.80. The minimum absolute atomic E-state index is 0.278. The van der Waals surface area contributed by atoms with Crippen molar-refractivity contribution in [3.05, 3.63) is 36.2 Å². The second kappa shape index (κ2) is 12.6. The Labute approximate surface area is 245 Å². The second-order valence-electron chi connectivity index (χ2n) is 12.3. The van der Waals surface area contributed by atoms with Crippen molar-refractivity contribution in [3.8, 4) is 5.82 Å². The number of carbonyl (C=O) groups excluding carboxylic acids is 1. The van der Waals surface area contributed by atoms with Crippen molar-refractivity contribution in [2.45, 2.75) is 57.4 Å². The number of ketones is 1. The monoisotopic (exact) mass is 581 g/mol. The van der Waals surface area contributed by atoms with Crippen LogP contribution in [0, 0.1) is 11.8 Å². The number of imidazole rings is 1. The van der Waals surface area contributed by atoms with E-state index in [9.17, 15) is 13.6 Å². The van der Waals surface area contributed by atoms with Crippen molar-refractivity contribution in [3.63, 3.8) is 0 Å². The molecule has 1 aliphatic heterocycles. The fourth-order valence-corrected chi connectivity index (χ4v) is 6.42. The van der Waals surface area contributed by atoms with E-state index in [0.29, 0.717) is 79.7 Å². The average molecular weight is 582 g/mol. The molecule has 0 bridgehead atoms. The molecule has 0 atom stereocenters. The maximum absolute atomic E-state index is 14.3. The molecule has 1 saturated heterocycles. The van der Waals surface area contributed by atoms with Gasteiger partial charge in [-0.15, -0.1) is 0 Å². The topological polar surface area (TPSA) is 79.6 Å². The van der Waals surface area contributed by atoms with E-state index in [4.69, 9.17) is 14.7 Å². The van der Waals surface area contributed by atoms with E-state index < -0.39 is 6.43 Å². The number of carbonyl (C=O) groups is 1. The molecule has 6 rings (SSSR count). The maximum atomic E-state index is 14.3. The Balaban J connectivity index is 1.35. The number of hydrogen-bond donors (Lipinski definition) is 0. The molecule has 3 aromatic rings. The van der Waals surface area contributed by atoms with Crippen molar-refractivity contribution >= 4 is 28.6 Å². The number of fused-ring (bicyclic) bond motifs is 1. The summed E-state index contributed by atoms with van der Waals surface area (Å²) in [6.45, 7) is 3.81. The molecule has 2 aromatic heterocycles. The van der Waals surface area contributed by atoms with Gasteiger partial charge >= 0.3 is 0 Å². The highest BCUT2D eigenvalue weighted by Gasteiger charge is 2.33. The zero-order chi connectivity index (χ0) is 29.2. The zero-order valence-electron chi connectivity index (χ0n) is 24.6. The van der Waals surface area contributed by atoms with Crippen LogP contribution in [0.5, 0.6) is 0 Å². The van der Waals surface area contributed by atoms with E-state index in [1.165, 1.54) is 17.4 Å². The van der Waals surface area contributed by atoms with Crippen molar-refractivity contribution < 1.29 is 18.3 Å². The van der Waals surface area contributed by atoms with E-state index >= 15 is 0 Å². The number of likely N-dealkylation sites (N-methyl/N-ethyl adjacent to an activating group) is 1. The molecule has 11 heteroatoms. The molecule has 9 nitrogen and oxygen atoms in total. The number of alkyl halides is 2. The van der Waals surface area contributed by atoms with E-state index in [-0.39, 0.29) is 11.9 Å². The molecule has 2 saturated carbocycles. The predicted octanol–water partition coefficient (Wildman–Crippen LogP) is 4.89. The van der Waals surface area contributed by atoms with Gasteiger partial charge in [0, 0.05) is 38.2 Å². The van der Waals surface area contributed by atoms with Crippen LogP contribution in [0.4, 0.5) is 20.5 Å². The van der Waals surface area contributed by atoms with Crippen LogP contribution in [0.3, 0.4) is 0 Å². The summed E-state index contributed by atoms with van der Waals surface area (Å²) in [6.07, 6.45) is 4.24. The van der Waals surface area contributed by atoms with Crippen molar-refractivity contribution in [1.82, 2.24) is 24.4 Å². The van der Waals surface area contributed by atoms with Gasteiger partial charge < -0.3 is 19.4 Å². The Bertz CT molecular complexity index is 1380. The first-order valence-corrected chi connectivity index (χ1v) is 15.3. The third kappa shape index (κ3) is 6.57. The van der Waals surface area contributed by atoms with Gasteiger partial charge in [0.05, 0.1) is 30.8 Å². The minimum Gasteiger partial charge on any atom is -0.378 e. The van der Waals surface area contributed by atoms with Gasteiger partial charge in [0.25, 0.3) is 6.43 Å². The first kappa shape index (κ1) is 28.9. The molecule has 0 spiro atoms. The average Bonchev–Trinajstić information content (AvgIpc) is 3.72. The number of aromatic nitrogens is 4. The number of ether oxygens (including phenoxy) is 1. The Morgan fingerprint density at radius 1 is 1.00 bits per heavy atom.